The Labute approximate surface area is 106 Å². The van der Waals surface area contributed by atoms with Crippen LogP contribution in [0.5, 0.6) is 0 Å². The molecule has 1 aliphatic carbocycles. The van der Waals surface area contributed by atoms with E-state index in [1.54, 1.807) is 0 Å². The Bertz CT molecular complexity index is 462. The van der Waals surface area contributed by atoms with E-state index in [4.69, 9.17) is 10.8 Å². The lowest BCUT2D eigenvalue weighted by Gasteiger charge is -2.20. The van der Waals surface area contributed by atoms with Crippen LogP contribution in [0.2, 0.25) is 0 Å². The van der Waals surface area contributed by atoms with Crippen LogP contribution in [-0.2, 0) is 0 Å². The van der Waals surface area contributed by atoms with Crippen LogP contribution in [0.3, 0.4) is 0 Å². The van der Waals surface area contributed by atoms with Crippen molar-refractivity contribution in [3.05, 3.63) is 17.8 Å². The summed E-state index contributed by atoms with van der Waals surface area (Å²) in [5.74, 6) is 0.825. The lowest BCUT2D eigenvalue weighted by Crippen LogP contribution is -2.24. The van der Waals surface area contributed by atoms with Crippen LogP contribution in [0.1, 0.15) is 37.0 Å². The Morgan fingerprint density at radius 3 is 2.78 bits per heavy atom. The van der Waals surface area contributed by atoms with Crippen molar-refractivity contribution in [1.82, 2.24) is 4.98 Å². The van der Waals surface area contributed by atoms with Crippen LogP contribution in [0.15, 0.2) is 12.3 Å². The molecule has 1 heterocycles. The number of nitrogen functional groups attached to an aromatic ring is 1. The molecular formula is C13H19N3O2. The fourth-order valence-electron chi connectivity index (χ4n) is 2.49. The van der Waals surface area contributed by atoms with Crippen molar-refractivity contribution in [2.24, 2.45) is 11.8 Å². The second-order valence-electron chi connectivity index (χ2n) is 5.13. The maximum Gasteiger partial charge on any atom is 0.337 e. The summed E-state index contributed by atoms with van der Waals surface area (Å²) in [5, 5.41) is 12.3. The minimum Gasteiger partial charge on any atom is -0.478 e. The van der Waals surface area contributed by atoms with Gasteiger partial charge in [-0.25, -0.2) is 9.78 Å². The maximum atomic E-state index is 11.0. The van der Waals surface area contributed by atoms with E-state index in [1.165, 1.54) is 18.7 Å². The van der Waals surface area contributed by atoms with Gasteiger partial charge in [-0.2, -0.15) is 0 Å². The van der Waals surface area contributed by atoms with Crippen molar-refractivity contribution in [1.29, 1.82) is 0 Å². The normalized spacial score (nSPS) is 27.1. The number of carbonyl (C=O) groups is 1. The summed E-state index contributed by atoms with van der Waals surface area (Å²) < 4.78 is 0. The summed E-state index contributed by atoms with van der Waals surface area (Å²) in [6.07, 6.45) is 3.69. The summed E-state index contributed by atoms with van der Waals surface area (Å²) >= 11 is 0. The smallest absolute Gasteiger partial charge is 0.337 e. The van der Waals surface area contributed by atoms with Crippen LogP contribution in [0, 0.1) is 11.8 Å². The van der Waals surface area contributed by atoms with Gasteiger partial charge in [-0.1, -0.05) is 13.8 Å². The number of carboxylic acid groups (broad SMARTS) is 1. The molecule has 98 valence electrons. The standard InChI is InChI=1S/C13H19N3O2/c1-7-3-4-11(8(7)2)16-12-5-9(13(17)18)10(14)6-15-12/h5-8,11H,3-4,14H2,1-2H3,(H,15,16)(H,17,18). The lowest BCUT2D eigenvalue weighted by atomic mass is 9.98. The summed E-state index contributed by atoms with van der Waals surface area (Å²) in [7, 11) is 0. The van der Waals surface area contributed by atoms with Gasteiger partial charge in [-0.3, -0.25) is 0 Å². The number of nitrogens with two attached hydrogens (primary N) is 1. The molecule has 18 heavy (non-hydrogen) atoms. The van der Waals surface area contributed by atoms with E-state index < -0.39 is 5.97 Å². The largest absolute Gasteiger partial charge is 0.478 e. The first-order valence-corrected chi connectivity index (χ1v) is 6.24. The van der Waals surface area contributed by atoms with E-state index >= 15 is 0 Å². The van der Waals surface area contributed by atoms with Gasteiger partial charge in [0.25, 0.3) is 0 Å². The van der Waals surface area contributed by atoms with Gasteiger partial charge in [0.1, 0.15) is 5.82 Å². The Kier molecular flexibility index (Phi) is 3.41. The van der Waals surface area contributed by atoms with E-state index in [2.05, 4.69) is 24.1 Å². The summed E-state index contributed by atoms with van der Waals surface area (Å²) in [4.78, 5) is 15.1. The predicted molar refractivity (Wildman–Crippen MR) is 70.6 cm³/mol. The molecule has 3 unspecified atom stereocenters. The molecule has 0 saturated heterocycles. The third kappa shape index (κ3) is 2.39. The van der Waals surface area contributed by atoms with Crippen molar-refractivity contribution in [2.75, 3.05) is 11.1 Å². The van der Waals surface area contributed by atoms with Crippen molar-refractivity contribution in [3.8, 4) is 0 Å². The Hall–Kier alpha value is -1.78. The lowest BCUT2D eigenvalue weighted by molar-refractivity contribution is 0.0698. The molecule has 0 radical (unpaired) electrons. The van der Waals surface area contributed by atoms with Gasteiger partial charge >= 0.3 is 5.97 Å². The van der Waals surface area contributed by atoms with E-state index in [0.29, 0.717) is 23.7 Å². The number of rotatable bonds is 3. The highest BCUT2D eigenvalue weighted by Crippen LogP contribution is 2.33. The molecule has 0 amide bonds. The first-order valence-electron chi connectivity index (χ1n) is 6.24. The van der Waals surface area contributed by atoms with Crippen LogP contribution >= 0.6 is 0 Å². The van der Waals surface area contributed by atoms with Crippen LogP contribution < -0.4 is 11.1 Å². The number of aromatic carboxylic acids is 1. The molecule has 0 spiro atoms. The van der Waals surface area contributed by atoms with Gasteiger partial charge in [0.2, 0.25) is 0 Å². The molecule has 1 aromatic heterocycles. The molecule has 1 fully saturated rings. The Balaban J connectivity index is 2.15. The van der Waals surface area contributed by atoms with Crippen LogP contribution in [0.25, 0.3) is 0 Å². The molecule has 5 heteroatoms. The topological polar surface area (TPSA) is 88.2 Å². The molecule has 5 nitrogen and oxygen atoms in total. The quantitative estimate of drug-likeness (QED) is 0.764. The van der Waals surface area contributed by atoms with Crippen molar-refractivity contribution in [2.45, 2.75) is 32.7 Å². The number of hydrogen-bond acceptors (Lipinski definition) is 4. The second-order valence-corrected chi connectivity index (χ2v) is 5.13. The molecule has 3 atom stereocenters. The summed E-state index contributed by atoms with van der Waals surface area (Å²) in [5.41, 5.74) is 5.88. The fourth-order valence-corrected chi connectivity index (χ4v) is 2.49. The SMILES string of the molecule is CC1CCC(Nc2cc(C(=O)O)c(N)cn2)C1C. The Morgan fingerprint density at radius 2 is 2.22 bits per heavy atom. The maximum absolute atomic E-state index is 11.0. The molecule has 0 aliphatic heterocycles. The molecule has 0 bridgehead atoms. The number of anilines is 2. The number of pyridine rings is 1. The van der Waals surface area contributed by atoms with Crippen LogP contribution in [0.4, 0.5) is 11.5 Å². The molecular weight excluding hydrogens is 230 g/mol. The van der Waals surface area contributed by atoms with Gasteiger partial charge in [-0.05, 0) is 30.7 Å². The van der Waals surface area contributed by atoms with E-state index in [-0.39, 0.29) is 11.3 Å². The third-order valence-electron chi connectivity index (χ3n) is 3.96. The van der Waals surface area contributed by atoms with Crippen LogP contribution in [-0.4, -0.2) is 22.1 Å². The second kappa shape index (κ2) is 4.84. The average molecular weight is 249 g/mol. The van der Waals surface area contributed by atoms with E-state index in [1.807, 2.05) is 0 Å². The zero-order chi connectivity index (χ0) is 13.3. The minimum absolute atomic E-state index is 0.103. The first kappa shape index (κ1) is 12.7. The number of nitrogens with one attached hydrogen (secondary N) is 1. The molecule has 2 rings (SSSR count). The van der Waals surface area contributed by atoms with Gasteiger partial charge in [-0.15, -0.1) is 0 Å². The number of hydrogen-bond donors (Lipinski definition) is 3. The molecule has 1 aromatic rings. The fraction of sp³-hybridized carbons (Fsp3) is 0.538. The van der Waals surface area contributed by atoms with E-state index in [9.17, 15) is 4.79 Å². The number of aromatic nitrogens is 1. The summed E-state index contributed by atoms with van der Waals surface area (Å²) in [6, 6.07) is 1.87. The zero-order valence-corrected chi connectivity index (χ0v) is 10.7. The van der Waals surface area contributed by atoms with E-state index in [0.717, 1.165) is 6.42 Å². The highest BCUT2D eigenvalue weighted by atomic mass is 16.4. The third-order valence-corrected chi connectivity index (χ3v) is 3.96. The van der Waals surface area contributed by atoms with Crippen molar-refractivity contribution in [3.63, 3.8) is 0 Å². The van der Waals surface area contributed by atoms with Gasteiger partial charge in [0.05, 0.1) is 17.4 Å². The number of carboxylic acids is 1. The molecule has 4 N–H and O–H groups in total. The highest BCUT2D eigenvalue weighted by Gasteiger charge is 2.29. The van der Waals surface area contributed by atoms with Crippen molar-refractivity contribution < 1.29 is 9.90 Å². The van der Waals surface area contributed by atoms with Gasteiger partial charge in [0, 0.05) is 6.04 Å². The Morgan fingerprint density at radius 1 is 1.50 bits per heavy atom. The zero-order valence-electron chi connectivity index (χ0n) is 10.7. The first-order chi connectivity index (χ1) is 8.49. The highest BCUT2D eigenvalue weighted by molar-refractivity contribution is 5.94. The van der Waals surface area contributed by atoms with Crippen molar-refractivity contribution >= 4 is 17.5 Å². The number of nitrogens with zero attached hydrogens (tertiary/aromatic N) is 1. The molecule has 1 aliphatic rings. The monoisotopic (exact) mass is 249 g/mol. The molecule has 0 aromatic carbocycles. The summed E-state index contributed by atoms with van der Waals surface area (Å²) in [6.45, 7) is 4.45. The van der Waals surface area contributed by atoms with Gasteiger partial charge in [0.15, 0.2) is 0 Å². The minimum atomic E-state index is -1.02. The predicted octanol–water partition coefficient (Wildman–Crippen LogP) is 2.21. The molecule has 1 saturated carbocycles. The average Bonchev–Trinajstić information content (AvgIpc) is 2.63. The van der Waals surface area contributed by atoms with Gasteiger partial charge < -0.3 is 16.2 Å².